The topological polar surface area (TPSA) is 56.0 Å². The molecule has 0 saturated heterocycles. The maximum absolute atomic E-state index is 12.9. The van der Waals surface area contributed by atoms with Crippen LogP contribution in [0.4, 0.5) is 8.78 Å². The van der Waals surface area contributed by atoms with Crippen LogP contribution in [0.5, 0.6) is 0 Å². The van der Waals surface area contributed by atoms with Crippen LogP contribution in [0.15, 0.2) is 37.2 Å². The quantitative estimate of drug-likeness (QED) is 0.743. The molecule has 0 aliphatic heterocycles. The summed E-state index contributed by atoms with van der Waals surface area (Å²) in [7, 11) is 0. The lowest BCUT2D eigenvalue weighted by molar-refractivity contribution is 0.120. The number of imidazole rings is 1. The van der Waals surface area contributed by atoms with Gasteiger partial charge in [-0.2, -0.15) is 5.10 Å². The Hall–Kier alpha value is -2.44. The first-order valence-corrected chi connectivity index (χ1v) is 6.62. The van der Waals surface area contributed by atoms with Crippen molar-refractivity contribution in [2.75, 3.05) is 0 Å². The van der Waals surface area contributed by atoms with Gasteiger partial charge in [-0.25, -0.2) is 28.2 Å². The molecule has 3 aromatic rings. The second-order valence-electron chi connectivity index (χ2n) is 5.15. The molecule has 21 heavy (non-hydrogen) atoms. The van der Waals surface area contributed by atoms with Crippen molar-refractivity contribution in [3.63, 3.8) is 0 Å². The van der Waals surface area contributed by atoms with E-state index in [0.717, 1.165) is 11.1 Å². The van der Waals surface area contributed by atoms with Crippen LogP contribution >= 0.6 is 0 Å². The monoisotopic (exact) mass is 287 g/mol. The smallest absolute Gasteiger partial charge is 0.242 e. The predicted molar refractivity (Wildman–Crippen MR) is 70.9 cm³/mol. The van der Waals surface area contributed by atoms with Crippen LogP contribution in [0.3, 0.4) is 0 Å². The minimum atomic E-state index is -2.30. The highest BCUT2D eigenvalue weighted by Gasteiger charge is 2.46. The zero-order valence-corrected chi connectivity index (χ0v) is 10.9. The Kier molecular flexibility index (Phi) is 2.66. The van der Waals surface area contributed by atoms with E-state index < -0.39 is 12.3 Å². The molecule has 5 nitrogen and oxygen atoms in total. The second kappa shape index (κ2) is 4.54. The molecule has 0 aromatic carbocycles. The molecule has 4 rings (SSSR count). The van der Waals surface area contributed by atoms with Gasteiger partial charge in [0.15, 0.2) is 0 Å². The van der Waals surface area contributed by atoms with Crippen LogP contribution in [0.25, 0.3) is 16.9 Å². The molecule has 3 heterocycles. The summed E-state index contributed by atoms with van der Waals surface area (Å²) >= 11 is 0. The summed E-state index contributed by atoms with van der Waals surface area (Å²) in [6.45, 7) is 0. The fourth-order valence-corrected chi connectivity index (χ4v) is 2.64. The lowest BCUT2D eigenvalue weighted by atomic mass is 10.1. The fraction of sp³-hybridized carbons (Fsp3) is 0.286. The van der Waals surface area contributed by atoms with Crippen LogP contribution in [0, 0.1) is 5.92 Å². The SMILES string of the molecule is FC(F)[C@H]1C[C@@H]1c1cc2cncn2nc1-c1ccncn1. The minimum Gasteiger partial charge on any atom is -0.245 e. The van der Waals surface area contributed by atoms with Gasteiger partial charge in [0.25, 0.3) is 0 Å². The van der Waals surface area contributed by atoms with Crippen LogP contribution < -0.4 is 0 Å². The van der Waals surface area contributed by atoms with E-state index in [1.807, 2.05) is 6.07 Å². The fourth-order valence-electron chi connectivity index (χ4n) is 2.64. The molecule has 0 spiro atoms. The van der Waals surface area contributed by atoms with E-state index in [2.05, 4.69) is 20.1 Å². The summed E-state index contributed by atoms with van der Waals surface area (Å²) in [6.07, 6.45) is 4.48. The van der Waals surface area contributed by atoms with Gasteiger partial charge in [0.2, 0.25) is 6.43 Å². The van der Waals surface area contributed by atoms with E-state index >= 15 is 0 Å². The van der Waals surface area contributed by atoms with E-state index in [1.165, 1.54) is 6.33 Å². The molecule has 1 aliphatic rings. The summed E-state index contributed by atoms with van der Waals surface area (Å²) in [5.41, 5.74) is 2.86. The van der Waals surface area contributed by atoms with Crippen LogP contribution in [0.1, 0.15) is 17.9 Å². The molecule has 0 N–H and O–H groups in total. The molecule has 3 aromatic heterocycles. The van der Waals surface area contributed by atoms with Crippen molar-refractivity contribution in [1.29, 1.82) is 0 Å². The Morgan fingerprint density at radius 3 is 2.90 bits per heavy atom. The third kappa shape index (κ3) is 2.05. The zero-order chi connectivity index (χ0) is 14.4. The normalized spacial score (nSPS) is 21.1. The molecule has 2 atom stereocenters. The predicted octanol–water partition coefficient (Wildman–Crippen LogP) is 2.55. The first-order chi connectivity index (χ1) is 10.2. The molecule has 7 heteroatoms. The Balaban J connectivity index is 1.87. The molecule has 0 radical (unpaired) electrons. The van der Waals surface area contributed by atoms with Crippen LogP contribution in [-0.2, 0) is 0 Å². The lowest BCUT2D eigenvalue weighted by Crippen LogP contribution is -2.02. The lowest BCUT2D eigenvalue weighted by Gasteiger charge is -2.09. The number of halogens is 2. The molecule has 106 valence electrons. The number of hydrogen-bond acceptors (Lipinski definition) is 4. The summed E-state index contributed by atoms with van der Waals surface area (Å²) in [5.74, 6) is -0.750. The number of nitrogens with zero attached hydrogens (tertiary/aromatic N) is 5. The van der Waals surface area contributed by atoms with Gasteiger partial charge in [0.05, 0.1) is 17.4 Å². The van der Waals surface area contributed by atoms with Gasteiger partial charge in [0.1, 0.15) is 18.3 Å². The second-order valence-corrected chi connectivity index (χ2v) is 5.15. The van der Waals surface area contributed by atoms with Gasteiger partial charge >= 0.3 is 0 Å². The van der Waals surface area contributed by atoms with Gasteiger partial charge in [-0.15, -0.1) is 0 Å². The van der Waals surface area contributed by atoms with Gasteiger partial charge in [0, 0.05) is 12.1 Å². The summed E-state index contributed by atoms with van der Waals surface area (Å²) in [5, 5.41) is 4.48. The first kappa shape index (κ1) is 12.3. The number of alkyl halides is 2. The highest BCUT2D eigenvalue weighted by molar-refractivity contribution is 5.64. The van der Waals surface area contributed by atoms with Gasteiger partial charge in [-0.3, -0.25) is 0 Å². The number of rotatable bonds is 3. The van der Waals surface area contributed by atoms with Crippen molar-refractivity contribution in [3.8, 4) is 11.4 Å². The number of aromatic nitrogens is 5. The maximum Gasteiger partial charge on any atom is 0.242 e. The Bertz CT molecular complexity index is 786. The molecule has 0 amide bonds. The van der Waals surface area contributed by atoms with Gasteiger partial charge in [-0.1, -0.05) is 0 Å². The average Bonchev–Trinajstić information content (AvgIpc) is 3.18. The van der Waals surface area contributed by atoms with E-state index in [4.69, 9.17) is 0 Å². The Labute approximate surface area is 118 Å². The van der Waals surface area contributed by atoms with Gasteiger partial charge < -0.3 is 0 Å². The summed E-state index contributed by atoms with van der Waals surface area (Å²) in [4.78, 5) is 12.1. The van der Waals surface area contributed by atoms with Crippen molar-refractivity contribution in [1.82, 2.24) is 24.6 Å². The molecule has 1 fully saturated rings. The number of hydrogen-bond donors (Lipinski definition) is 0. The maximum atomic E-state index is 12.9. The van der Waals surface area contributed by atoms with Crippen molar-refractivity contribution < 1.29 is 8.78 Å². The molecule has 0 unspecified atom stereocenters. The summed E-state index contributed by atoms with van der Waals surface area (Å²) < 4.78 is 27.4. The molecular formula is C14H11F2N5. The third-order valence-electron chi connectivity index (χ3n) is 3.82. The minimum absolute atomic E-state index is 0.164. The van der Waals surface area contributed by atoms with Crippen molar-refractivity contribution in [3.05, 3.63) is 42.7 Å². The third-order valence-corrected chi connectivity index (χ3v) is 3.82. The summed E-state index contributed by atoms with van der Waals surface area (Å²) in [6, 6.07) is 3.61. The Morgan fingerprint density at radius 1 is 1.29 bits per heavy atom. The van der Waals surface area contributed by atoms with E-state index in [-0.39, 0.29) is 5.92 Å². The molecule has 0 bridgehead atoms. The Morgan fingerprint density at radius 2 is 2.19 bits per heavy atom. The van der Waals surface area contributed by atoms with Crippen molar-refractivity contribution in [2.45, 2.75) is 18.8 Å². The average molecular weight is 287 g/mol. The number of fused-ring (bicyclic) bond motifs is 1. The highest BCUT2D eigenvalue weighted by Crippen LogP contribution is 2.52. The highest BCUT2D eigenvalue weighted by atomic mass is 19.3. The van der Waals surface area contributed by atoms with Crippen molar-refractivity contribution >= 4 is 5.52 Å². The van der Waals surface area contributed by atoms with E-state index in [1.54, 1.807) is 29.3 Å². The van der Waals surface area contributed by atoms with E-state index in [0.29, 0.717) is 17.8 Å². The molecule has 1 aliphatic carbocycles. The molecular weight excluding hydrogens is 276 g/mol. The first-order valence-electron chi connectivity index (χ1n) is 6.62. The van der Waals surface area contributed by atoms with Crippen molar-refractivity contribution in [2.24, 2.45) is 5.92 Å². The van der Waals surface area contributed by atoms with Gasteiger partial charge in [-0.05, 0) is 30.0 Å². The van der Waals surface area contributed by atoms with Crippen LogP contribution in [0.2, 0.25) is 0 Å². The largest absolute Gasteiger partial charge is 0.245 e. The standard InChI is InChI=1S/C14H11F2N5/c15-14(16)11-4-9(11)10-3-8-5-18-7-21(8)20-13(10)12-1-2-17-6-19-12/h1-3,5-7,9,11,14H,4H2/t9-,11+/m1/s1. The zero-order valence-electron chi connectivity index (χ0n) is 10.9. The van der Waals surface area contributed by atoms with E-state index in [9.17, 15) is 8.78 Å². The van der Waals surface area contributed by atoms with Crippen LogP contribution in [-0.4, -0.2) is 31.0 Å². The molecule has 1 saturated carbocycles.